The van der Waals surface area contributed by atoms with Gasteiger partial charge in [-0.3, -0.25) is 14.4 Å². The van der Waals surface area contributed by atoms with E-state index < -0.39 is 68.2 Å². The SMILES string of the molecule is COC(=O)C[C@H]1[C@@H]2CC3=C(C)[C@H](c4ccc(OS(=O)(=O)C(F)(F)F)cc4)C[C@@H]3O[C@@H]2[C@@H]2OC(=O)[C@]3(C)C=CC(=O)[C@@]1(C)[C@@H]23. The maximum absolute atomic E-state index is 13.6. The van der Waals surface area contributed by atoms with Crippen LogP contribution in [0.5, 0.6) is 5.75 Å². The molecule has 232 valence electrons. The molecule has 9 nitrogen and oxygen atoms in total. The van der Waals surface area contributed by atoms with Gasteiger partial charge in [-0.2, -0.15) is 21.6 Å². The summed E-state index contributed by atoms with van der Waals surface area (Å²) in [6.07, 6.45) is 2.39. The van der Waals surface area contributed by atoms with Crippen molar-refractivity contribution in [3.63, 3.8) is 0 Å². The summed E-state index contributed by atoms with van der Waals surface area (Å²) in [6.45, 7) is 5.51. The number of ketones is 1. The van der Waals surface area contributed by atoms with Crippen molar-refractivity contribution in [3.05, 3.63) is 53.1 Å². The molecular formula is C30H31F3O9S. The van der Waals surface area contributed by atoms with Gasteiger partial charge in [-0.1, -0.05) is 30.7 Å². The van der Waals surface area contributed by atoms with Crippen molar-refractivity contribution in [2.45, 2.75) is 69.8 Å². The summed E-state index contributed by atoms with van der Waals surface area (Å²) in [5, 5.41) is 0. The maximum Gasteiger partial charge on any atom is 0.534 e. The molecule has 43 heavy (non-hydrogen) atoms. The number of hydrogen-bond acceptors (Lipinski definition) is 9. The molecular weight excluding hydrogens is 593 g/mol. The fraction of sp³-hybridized carbons (Fsp3) is 0.567. The number of hydrogen-bond donors (Lipinski definition) is 0. The molecule has 3 aliphatic carbocycles. The molecule has 1 saturated carbocycles. The van der Waals surface area contributed by atoms with Gasteiger partial charge in [-0.25, -0.2) is 0 Å². The molecule has 0 radical (unpaired) electrons. The number of benzene rings is 1. The lowest BCUT2D eigenvalue weighted by Gasteiger charge is -2.58. The lowest BCUT2D eigenvalue weighted by atomic mass is 9.45. The van der Waals surface area contributed by atoms with Gasteiger partial charge < -0.3 is 18.4 Å². The first-order valence-electron chi connectivity index (χ1n) is 14.0. The molecule has 0 unspecified atom stereocenters. The minimum Gasteiger partial charge on any atom is -0.469 e. The average Bonchev–Trinajstić information content (AvgIpc) is 3.41. The molecule has 0 bridgehead atoms. The molecule has 3 fully saturated rings. The summed E-state index contributed by atoms with van der Waals surface area (Å²) in [5.74, 6) is -3.09. The molecule has 2 aliphatic heterocycles. The van der Waals surface area contributed by atoms with E-state index in [4.69, 9.17) is 14.2 Å². The minimum absolute atomic E-state index is 0.0344. The first kappa shape index (κ1) is 29.9. The lowest BCUT2D eigenvalue weighted by molar-refractivity contribution is -0.204. The van der Waals surface area contributed by atoms with Crippen LogP contribution >= 0.6 is 0 Å². The smallest absolute Gasteiger partial charge is 0.469 e. The van der Waals surface area contributed by atoms with Gasteiger partial charge in [-0.15, -0.1) is 0 Å². The molecule has 0 amide bonds. The molecule has 5 aliphatic rings. The van der Waals surface area contributed by atoms with Crippen LogP contribution in [0.4, 0.5) is 13.2 Å². The molecule has 6 rings (SSSR count). The highest BCUT2D eigenvalue weighted by Crippen LogP contribution is 2.65. The average molecular weight is 625 g/mol. The second-order valence-electron chi connectivity index (χ2n) is 12.5. The monoisotopic (exact) mass is 624 g/mol. The van der Waals surface area contributed by atoms with Crippen molar-refractivity contribution in [3.8, 4) is 5.75 Å². The second kappa shape index (κ2) is 9.65. The first-order valence-corrected chi connectivity index (χ1v) is 15.4. The van der Waals surface area contributed by atoms with Crippen molar-refractivity contribution in [1.82, 2.24) is 0 Å². The van der Waals surface area contributed by atoms with Crippen LogP contribution in [0.2, 0.25) is 0 Å². The maximum atomic E-state index is 13.6. The zero-order valence-corrected chi connectivity index (χ0v) is 24.7. The third-order valence-corrected chi connectivity index (χ3v) is 11.5. The van der Waals surface area contributed by atoms with Gasteiger partial charge in [-0.05, 0) is 67.9 Å². The van der Waals surface area contributed by atoms with Crippen LogP contribution in [0, 0.1) is 28.6 Å². The molecule has 1 aromatic carbocycles. The van der Waals surface area contributed by atoms with Crippen molar-refractivity contribution >= 4 is 27.8 Å². The number of fused-ring (bicyclic) bond motifs is 3. The van der Waals surface area contributed by atoms with Crippen molar-refractivity contribution in [2.24, 2.45) is 28.6 Å². The number of carbonyl (C=O) groups is 3. The van der Waals surface area contributed by atoms with E-state index in [0.29, 0.717) is 12.8 Å². The predicted molar refractivity (Wildman–Crippen MR) is 143 cm³/mol. The Bertz CT molecular complexity index is 1560. The topological polar surface area (TPSA) is 122 Å². The number of methoxy groups -OCH3 is 1. The van der Waals surface area contributed by atoms with Crippen LogP contribution in [-0.4, -0.2) is 57.1 Å². The summed E-state index contributed by atoms with van der Waals surface area (Å²) in [7, 11) is -4.51. The minimum atomic E-state index is -5.80. The highest BCUT2D eigenvalue weighted by molar-refractivity contribution is 7.88. The first-order chi connectivity index (χ1) is 20.0. The number of alkyl halides is 3. The second-order valence-corrected chi connectivity index (χ2v) is 14.0. The van der Waals surface area contributed by atoms with Gasteiger partial charge in [0.2, 0.25) is 0 Å². The molecule has 2 heterocycles. The summed E-state index contributed by atoms with van der Waals surface area (Å²) in [5.41, 5.74) is -4.97. The normalized spacial score (nSPS) is 38.3. The molecule has 1 aromatic rings. The van der Waals surface area contributed by atoms with E-state index in [1.165, 1.54) is 37.5 Å². The molecule has 0 aromatic heterocycles. The van der Waals surface area contributed by atoms with Gasteiger partial charge in [0.15, 0.2) is 5.78 Å². The van der Waals surface area contributed by atoms with Gasteiger partial charge in [0.05, 0.1) is 24.7 Å². The van der Waals surface area contributed by atoms with E-state index in [9.17, 15) is 36.0 Å². The van der Waals surface area contributed by atoms with Gasteiger partial charge in [0.1, 0.15) is 11.9 Å². The van der Waals surface area contributed by atoms with E-state index in [1.807, 2.05) is 13.8 Å². The van der Waals surface area contributed by atoms with Gasteiger partial charge >= 0.3 is 27.6 Å². The molecule has 0 spiro atoms. The highest BCUT2D eigenvalue weighted by Gasteiger charge is 2.73. The number of halogens is 3. The summed E-state index contributed by atoms with van der Waals surface area (Å²) in [4.78, 5) is 39.5. The van der Waals surface area contributed by atoms with Crippen LogP contribution in [-0.2, 0) is 38.7 Å². The molecule has 0 N–H and O–H groups in total. The van der Waals surface area contributed by atoms with Crippen molar-refractivity contribution in [2.75, 3.05) is 7.11 Å². The number of carbonyl (C=O) groups excluding carboxylic acids is 3. The third kappa shape index (κ3) is 4.28. The number of allylic oxidation sites excluding steroid dienone is 2. The fourth-order valence-corrected chi connectivity index (χ4v) is 8.81. The number of ether oxygens (including phenoxy) is 3. The largest absolute Gasteiger partial charge is 0.534 e. The standard InChI is InChI=1S/C30H31F3O9S/c1-14-17(15-5-7-16(8-6-15)42-43(37,38)30(31,32)33)12-21-18(14)11-19-20(13-23(35)39-4)29(3)22(34)9-10-28(2)26(29)25(24(19)40-21)41-27(28)36/h5-10,17,19-21,24-26H,11-13H2,1-4H3/t17-,19+,20+,21+,24+,25+,26+,28-,29+/m1/s1. The Balaban J connectivity index is 1.33. The predicted octanol–water partition coefficient (Wildman–Crippen LogP) is 4.38. The van der Waals surface area contributed by atoms with Crippen LogP contribution in [0.3, 0.4) is 0 Å². The Morgan fingerprint density at radius 1 is 1.12 bits per heavy atom. The van der Waals surface area contributed by atoms with Gasteiger partial charge in [0.25, 0.3) is 0 Å². The zero-order chi connectivity index (χ0) is 31.3. The molecule has 13 heteroatoms. The Kier molecular flexibility index (Phi) is 6.70. The van der Waals surface area contributed by atoms with E-state index in [2.05, 4.69) is 4.18 Å². The highest BCUT2D eigenvalue weighted by atomic mass is 32.2. The Morgan fingerprint density at radius 3 is 2.42 bits per heavy atom. The Labute approximate surface area is 246 Å². The van der Waals surface area contributed by atoms with Crippen molar-refractivity contribution < 1.29 is 54.4 Å². The van der Waals surface area contributed by atoms with Crippen molar-refractivity contribution in [1.29, 1.82) is 0 Å². The molecule has 9 atom stereocenters. The van der Waals surface area contributed by atoms with Gasteiger partial charge in [0, 0.05) is 23.7 Å². The third-order valence-electron chi connectivity index (χ3n) is 10.5. The summed E-state index contributed by atoms with van der Waals surface area (Å²) < 4.78 is 82.9. The van der Waals surface area contributed by atoms with Crippen LogP contribution in [0.25, 0.3) is 0 Å². The van der Waals surface area contributed by atoms with Crippen LogP contribution in [0.15, 0.2) is 47.6 Å². The summed E-state index contributed by atoms with van der Waals surface area (Å²) >= 11 is 0. The Morgan fingerprint density at radius 2 is 1.79 bits per heavy atom. The molecule has 2 saturated heterocycles. The van der Waals surface area contributed by atoms with Crippen LogP contribution < -0.4 is 4.18 Å². The fourth-order valence-electron chi connectivity index (χ4n) is 8.35. The summed E-state index contributed by atoms with van der Waals surface area (Å²) in [6, 6.07) is 5.39. The quantitative estimate of drug-likeness (QED) is 0.203. The number of rotatable bonds is 5. The zero-order valence-electron chi connectivity index (χ0n) is 23.8. The van der Waals surface area contributed by atoms with Crippen LogP contribution in [0.1, 0.15) is 51.5 Å². The van der Waals surface area contributed by atoms with E-state index in [0.717, 1.165) is 16.7 Å². The van der Waals surface area contributed by atoms with E-state index in [1.54, 1.807) is 13.0 Å². The Hall–Kier alpha value is -3.19. The lowest BCUT2D eigenvalue weighted by Crippen LogP contribution is -2.65. The van der Waals surface area contributed by atoms with E-state index >= 15 is 0 Å². The van der Waals surface area contributed by atoms with E-state index in [-0.39, 0.29) is 30.1 Å². The number of esters is 2.